The van der Waals surface area contributed by atoms with Crippen LogP contribution in [-0.4, -0.2) is 33.2 Å². The molecule has 1 aliphatic heterocycles. The molecule has 0 atom stereocenters. The van der Waals surface area contributed by atoms with E-state index in [2.05, 4.69) is 10.2 Å². The number of hydrogen-bond acceptors (Lipinski definition) is 4. The molecule has 1 heterocycles. The number of carbonyl (C=O) groups excluding carboxylic acids is 1. The van der Waals surface area contributed by atoms with Crippen molar-refractivity contribution < 1.29 is 18.7 Å². The first-order valence-electron chi connectivity index (χ1n) is 8.66. The van der Waals surface area contributed by atoms with Crippen LogP contribution in [0, 0.1) is 5.82 Å². The molecule has 6 heteroatoms. The maximum atomic E-state index is 14.1. The third kappa shape index (κ3) is 4.07. The highest BCUT2D eigenvalue weighted by atomic mass is 19.1. The lowest BCUT2D eigenvalue weighted by Crippen LogP contribution is -2.19. The summed E-state index contributed by atoms with van der Waals surface area (Å²) < 4.78 is 24.5. The summed E-state index contributed by atoms with van der Waals surface area (Å²) in [6.45, 7) is 1.93. The number of hydrogen-bond donors (Lipinski definition) is 1. The van der Waals surface area contributed by atoms with Gasteiger partial charge in [-0.3, -0.25) is 4.79 Å². The Balaban J connectivity index is 1.70. The van der Waals surface area contributed by atoms with Crippen molar-refractivity contribution in [3.05, 3.63) is 47.8 Å². The first-order chi connectivity index (χ1) is 12.6. The number of rotatable bonds is 6. The van der Waals surface area contributed by atoms with Crippen LogP contribution < -0.4 is 19.7 Å². The number of ether oxygens (including phenoxy) is 2. The molecule has 1 fully saturated rings. The number of nitrogens with one attached hydrogen (secondary N) is 1. The monoisotopic (exact) mass is 358 g/mol. The quantitative estimate of drug-likeness (QED) is 0.857. The van der Waals surface area contributed by atoms with Crippen LogP contribution in [0.1, 0.15) is 18.4 Å². The Kier molecular flexibility index (Phi) is 5.61. The Morgan fingerprint density at radius 1 is 1.08 bits per heavy atom. The second-order valence-electron chi connectivity index (χ2n) is 6.27. The van der Waals surface area contributed by atoms with E-state index in [4.69, 9.17) is 9.47 Å². The van der Waals surface area contributed by atoms with Gasteiger partial charge in [0.05, 0.1) is 26.3 Å². The first-order valence-corrected chi connectivity index (χ1v) is 8.66. The van der Waals surface area contributed by atoms with Gasteiger partial charge in [-0.25, -0.2) is 4.39 Å². The number of carbonyl (C=O) groups is 1. The number of halogens is 1. The van der Waals surface area contributed by atoms with Crippen molar-refractivity contribution >= 4 is 17.3 Å². The van der Waals surface area contributed by atoms with Crippen molar-refractivity contribution in [3.8, 4) is 11.5 Å². The van der Waals surface area contributed by atoms with E-state index < -0.39 is 5.82 Å². The maximum Gasteiger partial charge on any atom is 0.228 e. The largest absolute Gasteiger partial charge is 0.493 e. The lowest BCUT2D eigenvalue weighted by Gasteiger charge is -2.19. The zero-order valence-electron chi connectivity index (χ0n) is 15.0. The van der Waals surface area contributed by atoms with Crippen LogP contribution in [0.3, 0.4) is 0 Å². The van der Waals surface area contributed by atoms with Crippen LogP contribution in [0.15, 0.2) is 36.4 Å². The van der Waals surface area contributed by atoms with Gasteiger partial charge in [-0.2, -0.15) is 0 Å². The fourth-order valence-electron chi connectivity index (χ4n) is 3.15. The standard InChI is InChI=1S/C20H23FN2O3/c1-25-18-8-5-14(11-19(18)26-2)12-20(24)22-17-13-15(6-7-16(17)21)23-9-3-4-10-23/h5-8,11,13H,3-4,9-10,12H2,1-2H3,(H,22,24). The highest BCUT2D eigenvalue weighted by Gasteiger charge is 2.15. The van der Waals surface area contributed by atoms with E-state index in [9.17, 15) is 9.18 Å². The van der Waals surface area contributed by atoms with E-state index in [0.29, 0.717) is 11.5 Å². The second kappa shape index (κ2) is 8.08. The molecule has 0 unspecified atom stereocenters. The predicted molar refractivity (Wildman–Crippen MR) is 99.7 cm³/mol. The average Bonchev–Trinajstić information content (AvgIpc) is 3.18. The molecule has 0 saturated carbocycles. The van der Waals surface area contributed by atoms with Crippen LogP contribution in [-0.2, 0) is 11.2 Å². The van der Waals surface area contributed by atoms with E-state index in [1.54, 1.807) is 44.6 Å². The molecule has 0 bridgehead atoms. The van der Waals surface area contributed by atoms with Gasteiger partial charge in [-0.1, -0.05) is 6.07 Å². The normalized spacial score (nSPS) is 13.6. The van der Waals surface area contributed by atoms with Gasteiger partial charge < -0.3 is 19.7 Å². The summed E-state index contributed by atoms with van der Waals surface area (Å²) in [5.74, 6) is 0.435. The van der Waals surface area contributed by atoms with Gasteiger partial charge in [-0.05, 0) is 48.7 Å². The molecule has 0 aliphatic carbocycles. The van der Waals surface area contributed by atoms with Gasteiger partial charge in [0.1, 0.15) is 5.82 Å². The first kappa shape index (κ1) is 18.0. The van der Waals surface area contributed by atoms with Gasteiger partial charge in [-0.15, -0.1) is 0 Å². The SMILES string of the molecule is COc1ccc(CC(=O)Nc2cc(N3CCCC3)ccc2F)cc1OC. The smallest absolute Gasteiger partial charge is 0.228 e. The van der Waals surface area contributed by atoms with E-state index in [-0.39, 0.29) is 18.0 Å². The summed E-state index contributed by atoms with van der Waals surface area (Å²) in [5.41, 5.74) is 1.90. The summed E-state index contributed by atoms with van der Waals surface area (Å²) in [7, 11) is 3.10. The Labute approximate surface area is 152 Å². The Morgan fingerprint density at radius 2 is 1.81 bits per heavy atom. The summed E-state index contributed by atoms with van der Waals surface area (Å²) in [4.78, 5) is 14.6. The van der Waals surface area contributed by atoms with E-state index in [0.717, 1.165) is 37.2 Å². The van der Waals surface area contributed by atoms with Crippen molar-refractivity contribution in [2.45, 2.75) is 19.3 Å². The zero-order valence-corrected chi connectivity index (χ0v) is 15.0. The fourth-order valence-corrected chi connectivity index (χ4v) is 3.15. The van der Waals surface area contributed by atoms with E-state index in [1.807, 2.05) is 0 Å². The Hall–Kier alpha value is -2.76. The fraction of sp³-hybridized carbons (Fsp3) is 0.350. The molecule has 0 spiro atoms. The van der Waals surface area contributed by atoms with Crippen molar-refractivity contribution in [1.82, 2.24) is 0 Å². The summed E-state index contributed by atoms with van der Waals surface area (Å²) >= 11 is 0. The molecule has 0 aromatic heterocycles. The molecule has 5 nitrogen and oxygen atoms in total. The molecule has 26 heavy (non-hydrogen) atoms. The number of methoxy groups -OCH3 is 2. The van der Waals surface area contributed by atoms with Crippen LogP contribution in [0.4, 0.5) is 15.8 Å². The minimum absolute atomic E-state index is 0.119. The van der Waals surface area contributed by atoms with Crippen LogP contribution >= 0.6 is 0 Å². The van der Waals surface area contributed by atoms with Crippen LogP contribution in [0.2, 0.25) is 0 Å². The minimum Gasteiger partial charge on any atom is -0.493 e. The zero-order chi connectivity index (χ0) is 18.5. The highest BCUT2D eigenvalue weighted by Crippen LogP contribution is 2.28. The Bertz CT molecular complexity index is 789. The van der Waals surface area contributed by atoms with Crippen molar-refractivity contribution in [3.63, 3.8) is 0 Å². The molecule has 2 aromatic rings. The van der Waals surface area contributed by atoms with Crippen molar-refractivity contribution in [2.24, 2.45) is 0 Å². The molecule has 2 aromatic carbocycles. The molecule has 138 valence electrons. The summed E-state index contributed by atoms with van der Waals surface area (Å²) in [6, 6.07) is 10.1. The topological polar surface area (TPSA) is 50.8 Å². The molecular formula is C20H23FN2O3. The molecule has 0 radical (unpaired) electrons. The summed E-state index contributed by atoms with van der Waals surface area (Å²) in [6.07, 6.45) is 2.39. The molecule has 1 saturated heterocycles. The third-order valence-electron chi connectivity index (χ3n) is 4.51. The van der Waals surface area contributed by atoms with Gasteiger partial charge in [0.25, 0.3) is 0 Å². The molecule has 1 amide bonds. The van der Waals surface area contributed by atoms with Gasteiger partial charge in [0.15, 0.2) is 11.5 Å². The average molecular weight is 358 g/mol. The number of benzene rings is 2. The molecule has 1 N–H and O–H groups in total. The lowest BCUT2D eigenvalue weighted by atomic mass is 10.1. The maximum absolute atomic E-state index is 14.1. The molecular weight excluding hydrogens is 335 g/mol. The van der Waals surface area contributed by atoms with Crippen LogP contribution in [0.25, 0.3) is 0 Å². The summed E-state index contributed by atoms with van der Waals surface area (Å²) in [5, 5.41) is 2.68. The van der Waals surface area contributed by atoms with E-state index in [1.165, 1.54) is 6.07 Å². The Morgan fingerprint density at radius 3 is 2.50 bits per heavy atom. The van der Waals surface area contributed by atoms with Gasteiger partial charge >= 0.3 is 0 Å². The van der Waals surface area contributed by atoms with E-state index >= 15 is 0 Å². The number of amides is 1. The van der Waals surface area contributed by atoms with Crippen molar-refractivity contribution in [1.29, 1.82) is 0 Å². The number of nitrogens with zero attached hydrogens (tertiary/aromatic N) is 1. The minimum atomic E-state index is -0.436. The lowest BCUT2D eigenvalue weighted by molar-refractivity contribution is -0.115. The predicted octanol–water partition coefficient (Wildman–Crippen LogP) is 3.62. The second-order valence-corrected chi connectivity index (χ2v) is 6.27. The van der Waals surface area contributed by atoms with Crippen molar-refractivity contribution in [2.75, 3.05) is 37.5 Å². The molecule has 3 rings (SSSR count). The van der Waals surface area contributed by atoms with Crippen LogP contribution in [0.5, 0.6) is 11.5 Å². The molecule has 1 aliphatic rings. The third-order valence-corrected chi connectivity index (χ3v) is 4.51. The number of anilines is 2. The van der Waals surface area contributed by atoms with Gasteiger partial charge in [0, 0.05) is 18.8 Å². The van der Waals surface area contributed by atoms with Gasteiger partial charge in [0.2, 0.25) is 5.91 Å². The highest BCUT2D eigenvalue weighted by molar-refractivity contribution is 5.93.